The molecule has 44 heteroatoms. The van der Waals surface area contributed by atoms with Crippen molar-refractivity contribution in [2.75, 3.05) is 72.7 Å². The summed E-state index contributed by atoms with van der Waals surface area (Å²) >= 11 is 0. The normalized spacial score (nSPS) is 10.3. The van der Waals surface area contributed by atoms with E-state index in [1.165, 1.54) is 73.4 Å². The summed E-state index contributed by atoms with van der Waals surface area (Å²) < 4.78 is 0. The standard InChI is InChI=1S/2C34H30N4O8.3C2H6O.3NO3.Tb.4Zn/c2*39-31-13-11-23-5-1-3-7-27(23)29(31)21-37-45-17-15-43-35-19-25-9-10-26(34(42)33(25)41)20-36-44-16-18-46-38-22-30-28-8-4-2-6-24(28)12-14-32(30)40;3*1-2-3;3*2-1(3)4;;;;;/h2*1-14,19-22,39-42H,15-18H2;3*3H,2H2,1H3;;;;;;;;/q;;;;;3*-1;+3;4*+2/p-8/b2*35-19+,36-20+,37-21+,38-22+;;;;;;;;;;;. The van der Waals surface area contributed by atoms with Gasteiger partial charge in [0.1, 0.15) is 0 Å². The van der Waals surface area contributed by atoms with Crippen LogP contribution >= 0.6 is 0 Å². The van der Waals surface area contributed by atoms with Gasteiger partial charge in [-0.25, -0.2) is 0 Å². The Labute approximate surface area is 754 Å². The molecule has 0 aliphatic rings. The molecule has 606 valence electrons. The molecule has 0 spiro atoms. The molecule has 0 radical (unpaired) electrons. The number of aliphatic hydroxyl groups excluding tert-OH is 3. The minimum Gasteiger partial charge on any atom is -0.872 e. The number of nitrogens with zero attached hydrogens (tertiary/aromatic N) is 11. The molecule has 0 saturated heterocycles. The summed E-state index contributed by atoms with van der Waals surface area (Å²) in [7, 11) is 0. The van der Waals surface area contributed by atoms with Crippen molar-refractivity contribution in [3.63, 3.8) is 0 Å². The first-order chi connectivity index (χ1) is 54.5. The number of fused-ring (bicyclic) bond motifs is 4. The van der Waals surface area contributed by atoms with Gasteiger partial charge in [-0.1, -0.05) is 234 Å². The molecule has 39 nitrogen and oxygen atoms in total. The van der Waals surface area contributed by atoms with E-state index in [-0.39, 0.29) is 234 Å². The monoisotopic (exact) mass is 1980 g/mol. The van der Waals surface area contributed by atoms with E-state index in [2.05, 4.69) is 41.2 Å². The van der Waals surface area contributed by atoms with Crippen LogP contribution in [-0.4, -0.2) is 153 Å². The van der Waals surface area contributed by atoms with Crippen LogP contribution in [-0.2, 0) is 117 Å². The quantitative estimate of drug-likeness (QED) is 0.0180. The molecule has 10 aromatic carbocycles. The van der Waals surface area contributed by atoms with E-state index >= 15 is 0 Å². The molecule has 3 N–H and O–H groups in total. The van der Waals surface area contributed by atoms with Gasteiger partial charge in [-0.3, -0.25) is 0 Å². The van der Waals surface area contributed by atoms with Crippen LogP contribution in [0.5, 0.6) is 46.0 Å². The Balaban J connectivity index is -0.00000175. The van der Waals surface area contributed by atoms with Crippen LogP contribution in [0.1, 0.15) is 65.3 Å². The molecule has 10 rings (SSSR count). The van der Waals surface area contributed by atoms with Crippen molar-refractivity contribution >= 4 is 92.8 Å². The molecule has 0 heterocycles. The molecule has 0 amide bonds. The van der Waals surface area contributed by atoms with Gasteiger partial charge in [0.2, 0.25) is 0 Å². The van der Waals surface area contributed by atoms with Crippen LogP contribution in [0.25, 0.3) is 43.1 Å². The van der Waals surface area contributed by atoms with Crippen LogP contribution < -0.4 is 40.9 Å². The molecule has 0 fully saturated rings. The molecule has 0 unspecified atom stereocenters. The zero-order valence-corrected chi connectivity index (χ0v) is 77.2. The van der Waals surface area contributed by atoms with Gasteiger partial charge < -0.3 is 141 Å². The Kier molecular flexibility index (Phi) is 61.8. The molecule has 0 aromatic heterocycles. The van der Waals surface area contributed by atoms with Gasteiger partial charge in [0.25, 0.3) is 0 Å². The van der Waals surface area contributed by atoms with Gasteiger partial charge in [-0.15, -0.1) is 23.0 Å². The summed E-state index contributed by atoms with van der Waals surface area (Å²) in [5.74, 6) is -3.84. The third-order valence-corrected chi connectivity index (χ3v) is 13.2. The first-order valence-electron chi connectivity index (χ1n) is 32.8. The van der Waals surface area contributed by atoms with Crippen LogP contribution in [0.15, 0.2) is 211 Å². The van der Waals surface area contributed by atoms with Crippen LogP contribution in [0.2, 0.25) is 0 Å². The predicted molar refractivity (Wildman–Crippen MR) is 402 cm³/mol. The van der Waals surface area contributed by atoms with Gasteiger partial charge in [0.15, 0.2) is 52.9 Å². The maximum Gasteiger partial charge on any atom is 3.00 e. The second-order valence-electron chi connectivity index (χ2n) is 20.8. The van der Waals surface area contributed by atoms with E-state index in [0.29, 0.717) is 22.3 Å². The Morgan fingerprint density at radius 3 is 0.576 bits per heavy atom. The Hall–Kier alpha value is -11.3. The molecule has 118 heavy (non-hydrogen) atoms. The molecule has 0 aliphatic heterocycles. The van der Waals surface area contributed by atoms with Crippen molar-refractivity contribution in [3.05, 3.63) is 260 Å². The number of aliphatic hydroxyl groups is 3. The van der Waals surface area contributed by atoms with Gasteiger partial charge in [0.05, 0.1) is 65.0 Å². The number of hydrogen-bond donors (Lipinski definition) is 3. The van der Waals surface area contributed by atoms with E-state index in [4.69, 9.17) is 100.0 Å². The van der Waals surface area contributed by atoms with Crippen molar-refractivity contribution in [1.29, 1.82) is 0 Å². The summed E-state index contributed by atoms with van der Waals surface area (Å²) in [5.41, 5.74) is 1.78. The average Bonchev–Trinajstić information content (AvgIpc) is 0.824. The smallest absolute Gasteiger partial charge is 0.872 e. The Morgan fingerprint density at radius 2 is 0.415 bits per heavy atom. The van der Waals surface area contributed by atoms with Crippen LogP contribution in [0.3, 0.4) is 0 Å². The third kappa shape index (κ3) is 42.5. The largest absolute Gasteiger partial charge is 3.00 e. The van der Waals surface area contributed by atoms with Gasteiger partial charge in [-0.05, 0) is 108 Å². The number of oxime groups is 8. The van der Waals surface area contributed by atoms with E-state index in [0.717, 1.165) is 67.9 Å². The molecule has 0 atom stereocenters. The summed E-state index contributed by atoms with van der Waals surface area (Å²) in [6, 6.07) is 48.3. The fraction of sp³-hybridized carbons (Fsp3) is 0.189. The predicted octanol–water partition coefficient (Wildman–Crippen LogP) is 5.45. The second-order valence-corrected chi connectivity index (χ2v) is 20.8. The minimum atomic E-state index is -1.75. The number of hydrogen-bond acceptors (Lipinski definition) is 36. The fourth-order valence-electron chi connectivity index (χ4n) is 8.68. The van der Waals surface area contributed by atoms with Crippen LogP contribution in [0, 0.1) is 84.6 Å². The fourth-order valence-corrected chi connectivity index (χ4v) is 8.68. The first-order valence-corrected chi connectivity index (χ1v) is 32.8. The second kappa shape index (κ2) is 65.8. The topological polar surface area (TPSA) is 616 Å². The van der Waals surface area contributed by atoms with Crippen molar-refractivity contribution < 1.29 is 227 Å². The average molecular weight is 1980 g/mol. The molecule has 0 saturated carbocycles. The van der Waals surface area contributed by atoms with E-state index in [1.807, 2.05) is 97.1 Å². The Morgan fingerprint density at radius 1 is 0.271 bits per heavy atom. The van der Waals surface area contributed by atoms with Gasteiger partial charge >= 0.3 is 117 Å². The summed E-state index contributed by atoms with van der Waals surface area (Å²) in [6.07, 6.45) is 9.89. The maximum absolute atomic E-state index is 12.4. The summed E-state index contributed by atoms with van der Waals surface area (Å²) in [6.45, 7) is 5.93. The minimum absolute atomic E-state index is 0. The summed E-state index contributed by atoms with van der Waals surface area (Å²) in [4.78, 5) is 65.5. The van der Waals surface area contributed by atoms with E-state index in [1.54, 1.807) is 45.0 Å². The SMILES string of the molecule is CCO.CCO.CCO.O=[N+]([O-])[O-].O=[N+]([O-])[O-].O=[N+]([O-])[O-].[O-]c1ccc2ccccc2c1/C=N/OCCO/N=C/c1ccc(/C=N/OCCO/N=C/c2c([O-])ccc3ccccc23)c([O-])c1[O-].[O-]c1ccc2ccccc2c1/C=N/OCCO/N=C/c1ccc(/C=N/OCCO/N=C/c2c([O-])ccc3ccccc23)c([O-])c1[O-].[Tb+3].[Zn+2].[Zn+2].[Zn+2].[Zn+2]. The first kappa shape index (κ1) is 111. The number of rotatable bonds is 28. The molecular weight excluding hydrogens is 1910 g/mol. The maximum atomic E-state index is 12.4. The molecule has 10 aromatic rings. The zero-order valence-electron chi connectivity index (χ0n) is 63.2. The molecule has 0 bridgehead atoms. The number of benzene rings is 10. The molecule has 0 aliphatic carbocycles. The van der Waals surface area contributed by atoms with Crippen molar-refractivity contribution in [2.24, 2.45) is 41.2 Å². The third-order valence-electron chi connectivity index (χ3n) is 13.2. The van der Waals surface area contributed by atoms with Crippen molar-refractivity contribution in [3.8, 4) is 46.0 Å². The van der Waals surface area contributed by atoms with E-state index < -0.39 is 38.3 Å². The van der Waals surface area contributed by atoms with Crippen molar-refractivity contribution in [2.45, 2.75) is 20.8 Å². The van der Waals surface area contributed by atoms with Crippen LogP contribution in [0.4, 0.5) is 0 Å². The molecular formula is C74H70N11O28TbZn4. The Bertz CT molecular complexity index is 4270. The van der Waals surface area contributed by atoms with Gasteiger partial charge in [0, 0.05) is 19.8 Å². The van der Waals surface area contributed by atoms with Crippen molar-refractivity contribution in [1.82, 2.24) is 0 Å². The zero-order chi connectivity index (χ0) is 83.1. The van der Waals surface area contributed by atoms with Gasteiger partial charge in [-0.2, -0.15) is 0 Å². The summed E-state index contributed by atoms with van der Waals surface area (Å²) in [5, 5.41) is 202. The van der Waals surface area contributed by atoms with E-state index in [9.17, 15) is 40.9 Å².